The lowest BCUT2D eigenvalue weighted by Crippen LogP contribution is -2.26. The van der Waals surface area contributed by atoms with Gasteiger partial charge in [-0.05, 0) is 36.8 Å². The van der Waals surface area contributed by atoms with E-state index in [0.29, 0.717) is 25.3 Å². The molecule has 1 aromatic carbocycles. The minimum absolute atomic E-state index is 0.00689. The van der Waals surface area contributed by atoms with Gasteiger partial charge in [0.2, 0.25) is 0 Å². The number of aromatic nitrogens is 5. The molecule has 0 aliphatic carbocycles. The predicted molar refractivity (Wildman–Crippen MR) is 122 cm³/mol. The first-order valence-corrected chi connectivity index (χ1v) is 11.9. The van der Waals surface area contributed by atoms with E-state index in [1.54, 1.807) is 0 Å². The van der Waals surface area contributed by atoms with Gasteiger partial charge in [-0.2, -0.15) is 18.3 Å². The number of aryl methyl sites for hydroxylation is 1. The van der Waals surface area contributed by atoms with Crippen molar-refractivity contribution in [2.75, 3.05) is 19.9 Å². The van der Waals surface area contributed by atoms with Crippen LogP contribution >= 0.6 is 11.8 Å². The van der Waals surface area contributed by atoms with Crippen molar-refractivity contribution < 1.29 is 22.7 Å². The minimum atomic E-state index is -4.48. The Hall–Kier alpha value is -3.02. The Labute approximate surface area is 199 Å². The molecule has 0 spiro atoms. The van der Waals surface area contributed by atoms with Crippen molar-refractivity contribution in [1.82, 2.24) is 29.9 Å². The van der Waals surface area contributed by atoms with Crippen LogP contribution < -0.4 is 10.1 Å². The standard InChI is InChI=1S/C22H27F3N6O2S/c1-14(2)12-30-18(27-28-21(30)34-4)9-6-10-26-20(32)19-17(33-3)13-31(29-19)16-8-5-7-15(11-16)22(23,24)25/h5,7-8,11,13-14H,6,9-10,12H2,1-4H3,(H,26,32). The summed E-state index contributed by atoms with van der Waals surface area (Å²) in [5.41, 5.74) is -0.644. The smallest absolute Gasteiger partial charge is 0.416 e. The fourth-order valence-corrected chi connectivity index (χ4v) is 3.88. The first kappa shape index (κ1) is 25.6. The number of carbonyl (C=O) groups is 1. The number of thioether (sulfide) groups is 1. The number of hydrogen-bond acceptors (Lipinski definition) is 6. The third-order valence-electron chi connectivity index (χ3n) is 4.94. The number of halogens is 3. The average molecular weight is 497 g/mol. The highest BCUT2D eigenvalue weighted by Gasteiger charge is 2.30. The maximum Gasteiger partial charge on any atom is 0.416 e. The van der Waals surface area contributed by atoms with Crippen molar-refractivity contribution in [2.45, 2.75) is 44.6 Å². The van der Waals surface area contributed by atoms with E-state index in [1.807, 2.05) is 6.26 Å². The maximum atomic E-state index is 13.0. The number of ether oxygens (including phenoxy) is 1. The van der Waals surface area contributed by atoms with Gasteiger partial charge < -0.3 is 14.6 Å². The van der Waals surface area contributed by atoms with Crippen LogP contribution in [0.15, 0.2) is 35.6 Å². The summed E-state index contributed by atoms with van der Waals surface area (Å²) in [6.07, 6.45) is 0.117. The molecular formula is C22H27F3N6O2S. The van der Waals surface area contributed by atoms with E-state index in [2.05, 4.69) is 39.0 Å². The summed E-state index contributed by atoms with van der Waals surface area (Å²) in [5, 5.41) is 16.3. The fraction of sp³-hybridized carbons (Fsp3) is 0.455. The van der Waals surface area contributed by atoms with Crippen LogP contribution in [0.2, 0.25) is 0 Å². The molecule has 0 fully saturated rings. The first-order valence-electron chi connectivity index (χ1n) is 10.7. The number of nitrogens with zero attached hydrogens (tertiary/aromatic N) is 5. The molecule has 2 heterocycles. The van der Waals surface area contributed by atoms with Gasteiger partial charge in [-0.25, -0.2) is 4.68 Å². The largest absolute Gasteiger partial charge is 0.493 e. The molecule has 0 atom stereocenters. The van der Waals surface area contributed by atoms with Crippen LogP contribution in [0, 0.1) is 5.92 Å². The second-order valence-electron chi connectivity index (χ2n) is 8.01. The number of amides is 1. The summed E-state index contributed by atoms with van der Waals surface area (Å²) in [4.78, 5) is 12.7. The molecule has 1 N–H and O–H groups in total. The van der Waals surface area contributed by atoms with Gasteiger partial charge >= 0.3 is 6.18 Å². The molecule has 34 heavy (non-hydrogen) atoms. The zero-order chi connectivity index (χ0) is 24.9. The Bertz CT molecular complexity index is 1130. The first-order chi connectivity index (χ1) is 16.1. The van der Waals surface area contributed by atoms with Gasteiger partial charge in [-0.3, -0.25) is 4.79 Å². The summed E-state index contributed by atoms with van der Waals surface area (Å²) in [5.74, 6) is 0.991. The summed E-state index contributed by atoms with van der Waals surface area (Å²) in [6.45, 7) is 5.43. The summed E-state index contributed by atoms with van der Waals surface area (Å²) < 4.78 is 47.6. The van der Waals surface area contributed by atoms with Crippen LogP contribution in [0.4, 0.5) is 13.2 Å². The lowest BCUT2D eigenvalue weighted by molar-refractivity contribution is -0.137. The lowest BCUT2D eigenvalue weighted by atomic mass is 10.2. The summed E-state index contributed by atoms with van der Waals surface area (Å²) in [6, 6.07) is 4.69. The van der Waals surface area contributed by atoms with Gasteiger partial charge in [0.05, 0.1) is 24.6 Å². The fourth-order valence-electron chi connectivity index (χ4n) is 3.36. The monoisotopic (exact) mass is 496 g/mol. The van der Waals surface area contributed by atoms with Gasteiger partial charge in [0.15, 0.2) is 16.6 Å². The van der Waals surface area contributed by atoms with Crippen molar-refractivity contribution in [3.63, 3.8) is 0 Å². The van der Waals surface area contributed by atoms with Gasteiger partial charge in [-0.1, -0.05) is 31.7 Å². The molecule has 1 amide bonds. The van der Waals surface area contributed by atoms with E-state index < -0.39 is 17.6 Å². The molecule has 0 saturated heterocycles. The van der Waals surface area contributed by atoms with Crippen molar-refractivity contribution in [1.29, 1.82) is 0 Å². The zero-order valence-electron chi connectivity index (χ0n) is 19.4. The second kappa shape index (κ2) is 10.9. The normalized spacial score (nSPS) is 11.8. The van der Waals surface area contributed by atoms with Gasteiger partial charge in [0.25, 0.3) is 5.91 Å². The molecule has 0 bridgehead atoms. The number of benzene rings is 1. The molecule has 8 nitrogen and oxygen atoms in total. The van der Waals surface area contributed by atoms with Gasteiger partial charge in [0.1, 0.15) is 5.82 Å². The maximum absolute atomic E-state index is 13.0. The van der Waals surface area contributed by atoms with Gasteiger partial charge in [-0.15, -0.1) is 10.2 Å². The van der Waals surface area contributed by atoms with E-state index in [-0.39, 0.29) is 17.1 Å². The Morgan fingerprint density at radius 3 is 2.68 bits per heavy atom. The van der Waals surface area contributed by atoms with Crippen molar-refractivity contribution in [2.24, 2.45) is 5.92 Å². The molecule has 2 aromatic heterocycles. The van der Waals surface area contributed by atoms with Crippen LogP contribution in [-0.4, -0.2) is 50.4 Å². The Morgan fingerprint density at radius 2 is 2.03 bits per heavy atom. The van der Waals surface area contributed by atoms with Crippen molar-refractivity contribution >= 4 is 17.7 Å². The molecule has 0 unspecified atom stereocenters. The molecule has 3 rings (SSSR count). The van der Waals surface area contributed by atoms with Crippen LogP contribution in [0.1, 0.15) is 42.1 Å². The molecule has 0 radical (unpaired) electrons. The molecular weight excluding hydrogens is 469 g/mol. The minimum Gasteiger partial charge on any atom is -0.493 e. The van der Waals surface area contributed by atoms with E-state index in [1.165, 1.54) is 41.9 Å². The third-order valence-corrected chi connectivity index (χ3v) is 5.61. The molecule has 12 heteroatoms. The number of carbonyl (C=O) groups excluding carboxylic acids is 1. The highest BCUT2D eigenvalue weighted by Crippen LogP contribution is 2.30. The Morgan fingerprint density at radius 1 is 1.26 bits per heavy atom. The molecule has 0 aliphatic rings. The van der Waals surface area contributed by atoms with E-state index in [9.17, 15) is 18.0 Å². The van der Waals surface area contributed by atoms with Crippen LogP contribution in [0.5, 0.6) is 5.75 Å². The molecule has 0 aliphatic heterocycles. The van der Waals surface area contributed by atoms with Crippen LogP contribution in [0.3, 0.4) is 0 Å². The second-order valence-corrected chi connectivity index (χ2v) is 8.78. The number of rotatable bonds is 10. The third kappa shape index (κ3) is 6.10. The number of alkyl halides is 3. The highest BCUT2D eigenvalue weighted by molar-refractivity contribution is 7.98. The van der Waals surface area contributed by atoms with Crippen molar-refractivity contribution in [3.05, 3.63) is 47.5 Å². The van der Waals surface area contributed by atoms with Crippen molar-refractivity contribution in [3.8, 4) is 11.4 Å². The van der Waals surface area contributed by atoms with E-state index in [4.69, 9.17) is 4.74 Å². The predicted octanol–water partition coefficient (Wildman–Crippen LogP) is 4.23. The molecule has 3 aromatic rings. The Balaban J connectivity index is 1.65. The van der Waals surface area contributed by atoms with E-state index in [0.717, 1.165) is 29.7 Å². The molecule has 0 saturated carbocycles. The summed E-state index contributed by atoms with van der Waals surface area (Å²) in [7, 11) is 1.37. The number of methoxy groups -OCH3 is 1. The van der Waals surface area contributed by atoms with E-state index >= 15 is 0 Å². The number of hydrogen-bond donors (Lipinski definition) is 1. The highest BCUT2D eigenvalue weighted by atomic mass is 32.2. The number of nitrogens with one attached hydrogen (secondary N) is 1. The quantitative estimate of drug-likeness (QED) is 0.334. The summed E-state index contributed by atoms with van der Waals surface area (Å²) >= 11 is 1.54. The Kier molecular flexibility index (Phi) is 8.24. The molecule has 184 valence electrons. The topological polar surface area (TPSA) is 86.9 Å². The lowest BCUT2D eigenvalue weighted by Gasteiger charge is -2.11. The van der Waals surface area contributed by atoms with Crippen LogP contribution in [-0.2, 0) is 19.1 Å². The van der Waals surface area contributed by atoms with Gasteiger partial charge in [0, 0.05) is 19.5 Å². The van der Waals surface area contributed by atoms with Crippen LogP contribution in [0.25, 0.3) is 5.69 Å². The SMILES string of the molecule is COc1cn(-c2cccc(C(F)(F)F)c2)nc1C(=O)NCCCc1nnc(SC)n1CC(C)C. The average Bonchev–Trinajstić information content (AvgIpc) is 3.40. The zero-order valence-corrected chi connectivity index (χ0v) is 20.2.